The molecule has 1 rings (SSSR count). The molecule has 0 aliphatic rings. The van der Waals surface area contributed by atoms with E-state index in [0.29, 0.717) is 0 Å². The highest BCUT2D eigenvalue weighted by Crippen LogP contribution is 2.16. The molecule has 3 N–H and O–H groups in total. The first-order valence-corrected chi connectivity index (χ1v) is 4.67. The topological polar surface area (TPSA) is 55.1 Å². The minimum Gasteiger partial charge on any atom is -0.358 e. The number of carbonyl (C=O) groups excluding carboxylic acids is 1. The molecule has 1 amide bonds. The molecule has 0 aromatic heterocycles. The third-order valence-corrected chi connectivity index (χ3v) is 2.23. The second-order valence-electron chi connectivity index (χ2n) is 2.65. The average Bonchev–Trinajstić information content (AvgIpc) is 2.15. The molecule has 4 heteroatoms. The van der Waals surface area contributed by atoms with E-state index in [9.17, 15) is 4.79 Å². The van der Waals surface area contributed by atoms with Crippen LogP contribution in [0.3, 0.4) is 0 Å². The van der Waals surface area contributed by atoms with E-state index in [4.69, 9.17) is 5.73 Å². The lowest BCUT2D eigenvalue weighted by Gasteiger charge is -2.09. The molecule has 1 unspecified atom stereocenters. The Labute approximate surface area is 85.4 Å². The summed E-state index contributed by atoms with van der Waals surface area (Å²) in [6.45, 7) is 0. The zero-order chi connectivity index (χ0) is 9.84. The number of carbonyl (C=O) groups is 1. The first-order chi connectivity index (χ1) is 6.15. The Morgan fingerprint density at radius 2 is 2.31 bits per heavy atom. The molecular formula is C9H11BrN2O. The summed E-state index contributed by atoms with van der Waals surface area (Å²) in [6.07, 6.45) is 0. The monoisotopic (exact) mass is 242 g/mol. The minimum absolute atomic E-state index is 0.182. The third-order valence-electron chi connectivity index (χ3n) is 1.74. The second kappa shape index (κ2) is 4.39. The molecule has 0 aliphatic carbocycles. The van der Waals surface area contributed by atoms with Crippen LogP contribution < -0.4 is 11.1 Å². The Morgan fingerprint density at radius 3 is 2.85 bits per heavy atom. The smallest absolute Gasteiger partial charge is 0.241 e. The maximum atomic E-state index is 11.2. The predicted octanol–water partition coefficient (Wildman–Crippen LogP) is 1.19. The van der Waals surface area contributed by atoms with Gasteiger partial charge in [0, 0.05) is 11.5 Å². The maximum Gasteiger partial charge on any atom is 0.241 e. The Kier molecular flexibility index (Phi) is 3.45. The molecule has 0 heterocycles. The molecule has 0 saturated carbocycles. The largest absolute Gasteiger partial charge is 0.358 e. The number of hydrogen-bond donors (Lipinski definition) is 2. The van der Waals surface area contributed by atoms with E-state index in [-0.39, 0.29) is 5.91 Å². The highest BCUT2D eigenvalue weighted by atomic mass is 79.9. The van der Waals surface area contributed by atoms with E-state index in [1.54, 1.807) is 7.05 Å². The molecule has 70 valence electrons. The summed E-state index contributed by atoms with van der Waals surface area (Å²) in [4.78, 5) is 11.2. The minimum atomic E-state index is -0.595. The van der Waals surface area contributed by atoms with Crippen molar-refractivity contribution in [3.8, 4) is 0 Å². The predicted molar refractivity (Wildman–Crippen MR) is 55.1 cm³/mol. The molecule has 13 heavy (non-hydrogen) atoms. The van der Waals surface area contributed by atoms with Crippen LogP contribution in [0, 0.1) is 0 Å². The van der Waals surface area contributed by atoms with Crippen LogP contribution >= 0.6 is 15.9 Å². The van der Waals surface area contributed by atoms with E-state index in [1.807, 2.05) is 24.3 Å². The zero-order valence-electron chi connectivity index (χ0n) is 7.25. The second-order valence-corrected chi connectivity index (χ2v) is 3.56. The van der Waals surface area contributed by atoms with Gasteiger partial charge in [-0.2, -0.15) is 0 Å². The molecule has 1 aromatic carbocycles. The van der Waals surface area contributed by atoms with Gasteiger partial charge in [0.1, 0.15) is 6.04 Å². The first kappa shape index (κ1) is 10.2. The van der Waals surface area contributed by atoms with E-state index >= 15 is 0 Å². The number of nitrogens with two attached hydrogens (primary N) is 1. The van der Waals surface area contributed by atoms with Crippen molar-refractivity contribution in [3.63, 3.8) is 0 Å². The molecule has 0 radical (unpaired) electrons. The lowest BCUT2D eigenvalue weighted by Crippen LogP contribution is -2.31. The van der Waals surface area contributed by atoms with Crippen LogP contribution in [0.5, 0.6) is 0 Å². The van der Waals surface area contributed by atoms with Gasteiger partial charge in [-0.3, -0.25) is 4.79 Å². The van der Waals surface area contributed by atoms with E-state index in [0.717, 1.165) is 10.0 Å². The standard InChI is InChI=1S/C9H11BrN2O/c1-12-9(13)8(11)6-3-2-4-7(10)5-6/h2-5,8H,11H2,1H3,(H,12,13). The van der Waals surface area contributed by atoms with Crippen LogP contribution in [-0.4, -0.2) is 13.0 Å². The summed E-state index contributed by atoms with van der Waals surface area (Å²) >= 11 is 3.31. The molecule has 0 saturated heterocycles. The quantitative estimate of drug-likeness (QED) is 0.819. The maximum absolute atomic E-state index is 11.2. The molecule has 0 bridgehead atoms. The van der Waals surface area contributed by atoms with Crippen LogP contribution in [0.2, 0.25) is 0 Å². The fraction of sp³-hybridized carbons (Fsp3) is 0.222. The Morgan fingerprint density at radius 1 is 1.62 bits per heavy atom. The van der Waals surface area contributed by atoms with Gasteiger partial charge < -0.3 is 11.1 Å². The van der Waals surface area contributed by atoms with Crippen molar-refractivity contribution in [2.24, 2.45) is 5.73 Å². The fourth-order valence-corrected chi connectivity index (χ4v) is 1.42. The fourth-order valence-electron chi connectivity index (χ4n) is 1.01. The van der Waals surface area contributed by atoms with Gasteiger partial charge in [0.25, 0.3) is 0 Å². The van der Waals surface area contributed by atoms with Gasteiger partial charge in [0.2, 0.25) is 5.91 Å². The van der Waals surface area contributed by atoms with Gasteiger partial charge in [0.15, 0.2) is 0 Å². The lowest BCUT2D eigenvalue weighted by atomic mass is 10.1. The summed E-state index contributed by atoms with van der Waals surface area (Å²) in [6, 6.07) is 6.80. The SMILES string of the molecule is CNC(=O)C(N)c1cccc(Br)c1. The summed E-state index contributed by atoms with van der Waals surface area (Å²) in [7, 11) is 1.57. The van der Waals surface area contributed by atoms with Crippen LogP contribution in [0.25, 0.3) is 0 Å². The van der Waals surface area contributed by atoms with Crippen LogP contribution in [0.15, 0.2) is 28.7 Å². The number of rotatable bonds is 2. The summed E-state index contributed by atoms with van der Waals surface area (Å²) in [5.74, 6) is -0.182. The van der Waals surface area contributed by atoms with Crippen molar-refractivity contribution in [3.05, 3.63) is 34.3 Å². The first-order valence-electron chi connectivity index (χ1n) is 3.88. The van der Waals surface area contributed by atoms with Gasteiger partial charge in [-0.15, -0.1) is 0 Å². The van der Waals surface area contributed by atoms with Crippen molar-refractivity contribution in [1.82, 2.24) is 5.32 Å². The molecule has 0 spiro atoms. The number of likely N-dealkylation sites (N-methyl/N-ethyl adjacent to an activating group) is 1. The van der Waals surface area contributed by atoms with E-state index in [1.165, 1.54) is 0 Å². The summed E-state index contributed by atoms with van der Waals surface area (Å²) in [5, 5.41) is 2.50. The van der Waals surface area contributed by atoms with Crippen molar-refractivity contribution >= 4 is 21.8 Å². The van der Waals surface area contributed by atoms with Gasteiger partial charge in [0.05, 0.1) is 0 Å². The number of halogens is 1. The Bertz CT molecular complexity index is 314. The highest BCUT2D eigenvalue weighted by Gasteiger charge is 2.13. The molecular weight excluding hydrogens is 232 g/mol. The number of hydrogen-bond acceptors (Lipinski definition) is 2. The lowest BCUT2D eigenvalue weighted by molar-refractivity contribution is -0.121. The van der Waals surface area contributed by atoms with E-state index in [2.05, 4.69) is 21.2 Å². The zero-order valence-corrected chi connectivity index (χ0v) is 8.84. The average molecular weight is 243 g/mol. The van der Waals surface area contributed by atoms with Crippen LogP contribution in [0.4, 0.5) is 0 Å². The van der Waals surface area contributed by atoms with Crippen molar-refractivity contribution < 1.29 is 4.79 Å². The van der Waals surface area contributed by atoms with Crippen LogP contribution in [0.1, 0.15) is 11.6 Å². The number of benzene rings is 1. The van der Waals surface area contributed by atoms with Gasteiger partial charge >= 0.3 is 0 Å². The Hall–Kier alpha value is -0.870. The molecule has 3 nitrogen and oxygen atoms in total. The number of nitrogens with one attached hydrogen (secondary N) is 1. The van der Waals surface area contributed by atoms with Gasteiger partial charge in [-0.05, 0) is 17.7 Å². The normalized spacial score (nSPS) is 12.2. The summed E-state index contributed by atoms with van der Waals surface area (Å²) in [5.41, 5.74) is 6.48. The molecule has 0 fully saturated rings. The number of amides is 1. The summed E-state index contributed by atoms with van der Waals surface area (Å²) < 4.78 is 0.921. The van der Waals surface area contributed by atoms with Crippen molar-refractivity contribution in [2.45, 2.75) is 6.04 Å². The van der Waals surface area contributed by atoms with E-state index < -0.39 is 6.04 Å². The van der Waals surface area contributed by atoms with Crippen molar-refractivity contribution in [1.29, 1.82) is 0 Å². The third kappa shape index (κ3) is 2.54. The Balaban J connectivity index is 2.88. The molecule has 1 aromatic rings. The molecule has 1 atom stereocenters. The van der Waals surface area contributed by atoms with Gasteiger partial charge in [-0.1, -0.05) is 28.1 Å². The van der Waals surface area contributed by atoms with Crippen molar-refractivity contribution in [2.75, 3.05) is 7.05 Å². The molecule has 0 aliphatic heterocycles. The van der Waals surface area contributed by atoms with Crippen LogP contribution in [-0.2, 0) is 4.79 Å². The van der Waals surface area contributed by atoms with Gasteiger partial charge in [-0.25, -0.2) is 0 Å². The highest BCUT2D eigenvalue weighted by molar-refractivity contribution is 9.10.